The summed E-state index contributed by atoms with van der Waals surface area (Å²) in [4.78, 5) is 0. The Morgan fingerprint density at radius 1 is 1.31 bits per heavy atom. The second-order valence-corrected chi connectivity index (χ2v) is 4.25. The van der Waals surface area contributed by atoms with Gasteiger partial charge in [0.05, 0.1) is 0 Å². The lowest BCUT2D eigenvalue weighted by Gasteiger charge is -2.05. The van der Waals surface area contributed by atoms with Crippen molar-refractivity contribution in [3.05, 3.63) is 34.8 Å². The van der Waals surface area contributed by atoms with Crippen LogP contribution in [0.5, 0.6) is 10.9 Å². The fourth-order valence-corrected chi connectivity index (χ4v) is 1.93. The van der Waals surface area contributed by atoms with Crippen molar-refractivity contribution in [2.45, 2.75) is 19.9 Å². The minimum absolute atomic E-state index is 0.399. The lowest BCUT2D eigenvalue weighted by Crippen LogP contribution is -1.94. The largest absolute Gasteiger partial charge is 0.430 e. The number of para-hydroxylation sites is 1. The van der Waals surface area contributed by atoms with Gasteiger partial charge in [-0.1, -0.05) is 41.6 Å². The molecule has 5 heteroatoms. The molecule has 0 spiro atoms. The van der Waals surface area contributed by atoms with Crippen LogP contribution in [0.15, 0.2) is 24.3 Å². The van der Waals surface area contributed by atoms with Crippen LogP contribution in [-0.4, -0.2) is 10.2 Å². The van der Waals surface area contributed by atoms with E-state index in [0.29, 0.717) is 11.7 Å². The Kier molecular flexibility index (Phi) is 3.48. The molecule has 0 fully saturated rings. The summed E-state index contributed by atoms with van der Waals surface area (Å²) in [5, 5.41) is 9.15. The van der Waals surface area contributed by atoms with E-state index in [9.17, 15) is 0 Å². The van der Waals surface area contributed by atoms with Gasteiger partial charge in [0.1, 0.15) is 10.8 Å². The van der Waals surface area contributed by atoms with Crippen LogP contribution >= 0.6 is 11.3 Å². The molecule has 16 heavy (non-hydrogen) atoms. The number of benzene rings is 1. The maximum Gasteiger partial charge on any atom is 0.299 e. The van der Waals surface area contributed by atoms with Gasteiger partial charge in [-0.25, -0.2) is 0 Å². The molecule has 2 N–H and O–H groups in total. The van der Waals surface area contributed by atoms with Gasteiger partial charge in [-0.15, -0.1) is 5.10 Å². The summed E-state index contributed by atoms with van der Waals surface area (Å²) in [6, 6.07) is 7.92. The molecule has 2 aromatic rings. The van der Waals surface area contributed by atoms with Gasteiger partial charge in [-0.05, 0) is 18.1 Å². The van der Waals surface area contributed by atoms with Crippen molar-refractivity contribution in [2.24, 2.45) is 5.73 Å². The lowest BCUT2D eigenvalue weighted by molar-refractivity contribution is 0.467. The fourth-order valence-electron chi connectivity index (χ4n) is 1.35. The standard InChI is InChI=1S/C11H13N3OS/c1-2-8-5-3-4-6-9(8)15-11-14-13-10(7-12)16-11/h3-6H,2,7,12H2,1H3. The Labute approximate surface area is 98.1 Å². The van der Waals surface area contributed by atoms with Crippen molar-refractivity contribution < 1.29 is 4.74 Å². The summed E-state index contributed by atoms with van der Waals surface area (Å²) in [5.74, 6) is 0.838. The normalized spacial score (nSPS) is 10.4. The first kappa shape index (κ1) is 11.0. The second kappa shape index (κ2) is 5.05. The van der Waals surface area contributed by atoms with Crippen LogP contribution in [0.25, 0.3) is 0 Å². The van der Waals surface area contributed by atoms with E-state index in [1.165, 1.54) is 11.3 Å². The number of aryl methyl sites for hydroxylation is 1. The first-order valence-electron chi connectivity index (χ1n) is 5.11. The van der Waals surface area contributed by atoms with Crippen LogP contribution in [-0.2, 0) is 13.0 Å². The molecular formula is C11H13N3OS. The summed E-state index contributed by atoms with van der Waals surface area (Å²) in [6.07, 6.45) is 0.929. The van der Waals surface area contributed by atoms with Gasteiger partial charge >= 0.3 is 0 Å². The third-order valence-electron chi connectivity index (χ3n) is 2.17. The quantitative estimate of drug-likeness (QED) is 0.883. The van der Waals surface area contributed by atoms with Crippen molar-refractivity contribution >= 4 is 11.3 Å². The summed E-state index contributed by atoms with van der Waals surface area (Å²) >= 11 is 1.38. The lowest BCUT2D eigenvalue weighted by atomic mass is 10.1. The Hall–Kier alpha value is -1.46. The van der Waals surface area contributed by atoms with Crippen LogP contribution in [0.1, 0.15) is 17.5 Å². The maximum atomic E-state index is 5.67. The first-order valence-corrected chi connectivity index (χ1v) is 5.93. The van der Waals surface area contributed by atoms with Crippen molar-refractivity contribution in [3.8, 4) is 10.9 Å². The molecule has 2 rings (SSSR count). The zero-order valence-corrected chi connectivity index (χ0v) is 9.83. The molecule has 84 valence electrons. The van der Waals surface area contributed by atoms with Gasteiger partial charge in [0.15, 0.2) is 0 Å². The molecule has 4 nitrogen and oxygen atoms in total. The van der Waals surface area contributed by atoms with E-state index in [0.717, 1.165) is 22.7 Å². The smallest absolute Gasteiger partial charge is 0.299 e. The summed E-state index contributed by atoms with van der Waals surface area (Å²) in [7, 11) is 0. The molecule has 0 saturated heterocycles. The number of aromatic nitrogens is 2. The predicted octanol–water partition coefficient (Wildman–Crippen LogP) is 2.35. The van der Waals surface area contributed by atoms with Gasteiger partial charge in [0.25, 0.3) is 5.19 Å². The first-order chi connectivity index (χ1) is 7.83. The highest BCUT2D eigenvalue weighted by atomic mass is 32.1. The Morgan fingerprint density at radius 2 is 2.12 bits per heavy atom. The number of hydrogen-bond acceptors (Lipinski definition) is 5. The molecule has 1 aromatic carbocycles. The Balaban J connectivity index is 2.19. The van der Waals surface area contributed by atoms with E-state index in [4.69, 9.17) is 10.5 Å². The van der Waals surface area contributed by atoms with Gasteiger partial charge in [0.2, 0.25) is 0 Å². The maximum absolute atomic E-state index is 5.67. The SMILES string of the molecule is CCc1ccccc1Oc1nnc(CN)s1. The van der Waals surface area contributed by atoms with Crippen LogP contribution < -0.4 is 10.5 Å². The number of ether oxygens (including phenoxy) is 1. The highest BCUT2D eigenvalue weighted by Gasteiger charge is 2.07. The van der Waals surface area contributed by atoms with Crippen LogP contribution in [0, 0.1) is 0 Å². The van der Waals surface area contributed by atoms with E-state index in [1.54, 1.807) is 0 Å². The average Bonchev–Trinajstić information content (AvgIpc) is 2.77. The number of nitrogens with zero attached hydrogens (tertiary/aromatic N) is 2. The topological polar surface area (TPSA) is 61.0 Å². The molecule has 0 aliphatic carbocycles. The molecule has 0 bridgehead atoms. The van der Waals surface area contributed by atoms with E-state index >= 15 is 0 Å². The minimum atomic E-state index is 0.399. The number of nitrogens with two attached hydrogens (primary N) is 1. The molecule has 0 radical (unpaired) electrons. The zero-order valence-electron chi connectivity index (χ0n) is 9.01. The third kappa shape index (κ3) is 2.37. The van der Waals surface area contributed by atoms with Crippen molar-refractivity contribution in [3.63, 3.8) is 0 Å². The predicted molar refractivity (Wildman–Crippen MR) is 63.7 cm³/mol. The highest BCUT2D eigenvalue weighted by Crippen LogP contribution is 2.27. The van der Waals surface area contributed by atoms with Crippen LogP contribution in [0.4, 0.5) is 0 Å². The van der Waals surface area contributed by atoms with E-state index < -0.39 is 0 Å². The van der Waals surface area contributed by atoms with Gasteiger partial charge in [-0.2, -0.15) is 0 Å². The van der Waals surface area contributed by atoms with Crippen LogP contribution in [0.3, 0.4) is 0 Å². The average molecular weight is 235 g/mol. The molecule has 0 saturated carbocycles. The Bertz CT molecular complexity index is 470. The van der Waals surface area contributed by atoms with E-state index in [1.807, 2.05) is 24.3 Å². The van der Waals surface area contributed by atoms with Crippen molar-refractivity contribution in [1.82, 2.24) is 10.2 Å². The van der Waals surface area contributed by atoms with E-state index in [-0.39, 0.29) is 0 Å². The highest BCUT2D eigenvalue weighted by molar-refractivity contribution is 7.13. The minimum Gasteiger partial charge on any atom is -0.430 e. The Morgan fingerprint density at radius 3 is 2.81 bits per heavy atom. The molecule has 0 aliphatic rings. The molecule has 0 aliphatic heterocycles. The third-order valence-corrected chi connectivity index (χ3v) is 3.00. The second-order valence-electron chi connectivity index (χ2n) is 3.23. The van der Waals surface area contributed by atoms with Gasteiger partial charge < -0.3 is 10.5 Å². The van der Waals surface area contributed by atoms with Crippen molar-refractivity contribution in [1.29, 1.82) is 0 Å². The zero-order chi connectivity index (χ0) is 11.4. The van der Waals surface area contributed by atoms with Crippen molar-refractivity contribution in [2.75, 3.05) is 0 Å². The summed E-state index contributed by atoms with van der Waals surface area (Å²) < 4.78 is 5.67. The molecule has 0 atom stereocenters. The van der Waals surface area contributed by atoms with Gasteiger partial charge in [0, 0.05) is 6.54 Å². The number of hydrogen-bond donors (Lipinski definition) is 1. The fraction of sp³-hybridized carbons (Fsp3) is 0.273. The van der Waals surface area contributed by atoms with Crippen LogP contribution in [0.2, 0.25) is 0 Å². The summed E-state index contributed by atoms with van der Waals surface area (Å²) in [6.45, 7) is 2.49. The molecule has 1 aromatic heterocycles. The molecular weight excluding hydrogens is 222 g/mol. The molecule has 0 amide bonds. The van der Waals surface area contributed by atoms with E-state index in [2.05, 4.69) is 17.1 Å². The van der Waals surface area contributed by atoms with Gasteiger partial charge in [-0.3, -0.25) is 0 Å². The molecule has 1 heterocycles. The summed E-state index contributed by atoms with van der Waals surface area (Å²) in [5.41, 5.74) is 6.62. The monoisotopic (exact) mass is 235 g/mol. The number of rotatable bonds is 4. The molecule has 0 unspecified atom stereocenters.